The Bertz CT molecular complexity index is 1070. The van der Waals surface area contributed by atoms with Crippen molar-refractivity contribution in [1.82, 2.24) is 9.80 Å². The number of aliphatic hydroxyl groups excluding tert-OH is 1. The van der Waals surface area contributed by atoms with Crippen LogP contribution in [0, 0.1) is 13.8 Å². The molecule has 1 atom stereocenters. The molecule has 1 amide bonds. The molecule has 7 heteroatoms. The Morgan fingerprint density at radius 1 is 1.06 bits per heavy atom. The van der Waals surface area contributed by atoms with Crippen molar-refractivity contribution < 1.29 is 24.2 Å². The molecule has 1 saturated heterocycles. The fraction of sp³-hybridized carbons (Fsp3) is 0.360. The number of hydrogen-bond donors (Lipinski definition) is 1. The topological polar surface area (TPSA) is 79.3 Å². The Kier molecular flexibility index (Phi) is 6.89. The van der Waals surface area contributed by atoms with Crippen LogP contribution in [-0.4, -0.2) is 68.0 Å². The highest BCUT2D eigenvalue weighted by molar-refractivity contribution is 6.46. The van der Waals surface area contributed by atoms with Crippen LogP contribution in [0.3, 0.4) is 0 Å². The van der Waals surface area contributed by atoms with Crippen LogP contribution in [0.25, 0.3) is 5.76 Å². The van der Waals surface area contributed by atoms with Gasteiger partial charge in [-0.25, -0.2) is 0 Å². The van der Waals surface area contributed by atoms with Crippen LogP contribution < -0.4 is 9.47 Å². The second-order valence-corrected chi connectivity index (χ2v) is 8.22. The number of benzene rings is 2. The van der Waals surface area contributed by atoms with Crippen molar-refractivity contribution in [3.05, 3.63) is 64.2 Å². The van der Waals surface area contributed by atoms with Crippen LogP contribution in [0.4, 0.5) is 0 Å². The first-order chi connectivity index (χ1) is 15.2. The summed E-state index contributed by atoms with van der Waals surface area (Å²) >= 11 is 0. The van der Waals surface area contributed by atoms with Crippen molar-refractivity contribution in [3.8, 4) is 11.5 Å². The Morgan fingerprint density at radius 3 is 2.41 bits per heavy atom. The van der Waals surface area contributed by atoms with E-state index in [9.17, 15) is 14.7 Å². The van der Waals surface area contributed by atoms with Crippen molar-refractivity contribution in [2.24, 2.45) is 0 Å². The van der Waals surface area contributed by atoms with Crippen molar-refractivity contribution in [1.29, 1.82) is 0 Å². The van der Waals surface area contributed by atoms with Gasteiger partial charge in [-0.15, -0.1) is 0 Å². The minimum absolute atomic E-state index is 0.0500. The molecule has 0 spiro atoms. The molecule has 7 nitrogen and oxygen atoms in total. The number of likely N-dealkylation sites (tertiary alicyclic amines) is 1. The summed E-state index contributed by atoms with van der Waals surface area (Å²) in [6.45, 7) is 4.64. The first kappa shape index (κ1) is 23.3. The van der Waals surface area contributed by atoms with Crippen LogP contribution in [0.15, 0.2) is 42.0 Å². The van der Waals surface area contributed by atoms with Gasteiger partial charge in [0.15, 0.2) is 0 Å². The first-order valence-electron chi connectivity index (χ1n) is 10.4. The van der Waals surface area contributed by atoms with Crippen molar-refractivity contribution in [2.45, 2.75) is 19.9 Å². The number of carbonyl (C=O) groups is 2. The lowest BCUT2D eigenvalue weighted by molar-refractivity contribution is -0.140. The van der Waals surface area contributed by atoms with Gasteiger partial charge < -0.3 is 24.4 Å². The fourth-order valence-electron chi connectivity index (χ4n) is 3.93. The van der Waals surface area contributed by atoms with Gasteiger partial charge in [-0.3, -0.25) is 9.59 Å². The highest BCUT2D eigenvalue weighted by atomic mass is 16.5. The zero-order valence-corrected chi connectivity index (χ0v) is 19.4. The predicted molar refractivity (Wildman–Crippen MR) is 123 cm³/mol. The number of Topliss-reactive ketones (excluding diaryl/α,β-unsaturated/α-hetero) is 1. The van der Waals surface area contributed by atoms with Gasteiger partial charge in [0.1, 0.15) is 17.3 Å². The molecule has 1 heterocycles. The number of likely N-dealkylation sites (N-methyl/N-ethyl adjacent to an activating group) is 1. The van der Waals surface area contributed by atoms with Crippen LogP contribution in [0.1, 0.15) is 28.3 Å². The van der Waals surface area contributed by atoms with E-state index in [0.29, 0.717) is 35.7 Å². The molecule has 0 saturated carbocycles. The monoisotopic (exact) mass is 438 g/mol. The smallest absolute Gasteiger partial charge is 0.295 e. The molecule has 0 bridgehead atoms. The number of rotatable bonds is 7. The molecular formula is C25H30N2O5. The summed E-state index contributed by atoms with van der Waals surface area (Å²) in [5.74, 6) is -0.484. The zero-order chi connectivity index (χ0) is 23.6. The molecule has 32 heavy (non-hydrogen) atoms. The van der Waals surface area contributed by atoms with Gasteiger partial charge in [0.2, 0.25) is 0 Å². The summed E-state index contributed by atoms with van der Waals surface area (Å²) in [6.07, 6.45) is 0. The number of amides is 1. The van der Waals surface area contributed by atoms with E-state index in [4.69, 9.17) is 9.47 Å². The van der Waals surface area contributed by atoms with E-state index in [0.717, 1.165) is 11.1 Å². The number of hydrogen-bond acceptors (Lipinski definition) is 6. The number of aliphatic hydroxyl groups is 1. The summed E-state index contributed by atoms with van der Waals surface area (Å²) in [7, 11) is 6.87. The van der Waals surface area contributed by atoms with E-state index >= 15 is 0 Å². The molecule has 0 aliphatic carbocycles. The van der Waals surface area contributed by atoms with Crippen LogP contribution in [0.5, 0.6) is 11.5 Å². The molecule has 1 aliphatic rings. The lowest BCUT2D eigenvalue weighted by Gasteiger charge is -2.28. The van der Waals surface area contributed by atoms with Crippen molar-refractivity contribution in [2.75, 3.05) is 41.4 Å². The number of methoxy groups -OCH3 is 2. The van der Waals surface area contributed by atoms with Gasteiger partial charge in [-0.2, -0.15) is 0 Å². The summed E-state index contributed by atoms with van der Waals surface area (Å²) in [5.41, 5.74) is 2.91. The second kappa shape index (κ2) is 9.44. The van der Waals surface area contributed by atoms with E-state index < -0.39 is 17.7 Å². The Labute approximate surface area is 188 Å². The van der Waals surface area contributed by atoms with Gasteiger partial charge in [-0.05, 0) is 57.8 Å². The molecular weight excluding hydrogens is 408 g/mol. The van der Waals surface area contributed by atoms with Gasteiger partial charge in [0.25, 0.3) is 11.7 Å². The standard InChI is InChI=1S/C25H30N2O5/c1-15-7-8-16(2)18(13-15)23(28)21-22(19-14-17(31-5)9-10-20(19)32-6)27(12-11-26(3)4)25(30)24(21)29/h7-10,13-14,22,28H,11-12H2,1-6H3/t22-/m1/s1. The molecule has 1 N–H and O–H groups in total. The van der Waals surface area contributed by atoms with Crippen molar-refractivity contribution >= 4 is 17.4 Å². The quantitative estimate of drug-likeness (QED) is 0.406. The molecule has 3 rings (SSSR count). The highest BCUT2D eigenvalue weighted by Gasteiger charge is 2.47. The summed E-state index contributed by atoms with van der Waals surface area (Å²) < 4.78 is 10.9. The van der Waals surface area contributed by atoms with Gasteiger partial charge in [0, 0.05) is 24.2 Å². The third kappa shape index (κ3) is 4.34. The third-order valence-electron chi connectivity index (χ3n) is 5.71. The molecule has 0 unspecified atom stereocenters. The Balaban J connectivity index is 2.28. The molecule has 1 fully saturated rings. The maximum absolute atomic E-state index is 13.2. The zero-order valence-electron chi connectivity index (χ0n) is 19.4. The van der Waals surface area contributed by atoms with E-state index in [1.807, 2.05) is 51.0 Å². The van der Waals surface area contributed by atoms with E-state index in [1.165, 1.54) is 12.0 Å². The Morgan fingerprint density at radius 2 is 1.78 bits per heavy atom. The SMILES string of the molecule is COc1ccc(OC)c([C@@H]2C(=C(O)c3cc(C)ccc3C)C(=O)C(=O)N2CCN(C)C)c1. The minimum atomic E-state index is -0.806. The minimum Gasteiger partial charge on any atom is -0.507 e. The van der Waals surface area contributed by atoms with E-state index in [2.05, 4.69) is 0 Å². The van der Waals surface area contributed by atoms with Crippen LogP contribution in [0.2, 0.25) is 0 Å². The third-order valence-corrected chi connectivity index (χ3v) is 5.71. The van der Waals surface area contributed by atoms with E-state index in [-0.39, 0.29) is 11.3 Å². The van der Waals surface area contributed by atoms with Gasteiger partial charge >= 0.3 is 0 Å². The number of carbonyl (C=O) groups excluding carboxylic acids is 2. The van der Waals surface area contributed by atoms with Crippen LogP contribution in [-0.2, 0) is 9.59 Å². The van der Waals surface area contributed by atoms with Crippen molar-refractivity contribution in [3.63, 3.8) is 0 Å². The molecule has 2 aromatic carbocycles. The van der Waals surface area contributed by atoms with E-state index in [1.54, 1.807) is 25.3 Å². The highest BCUT2D eigenvalue weighted by Crippen LogP contribution is 2.44. The average Bonchev–Trinajstić information content (AvgIpc) is 3.02. The second-order valence-electron chi connectivity index (χ2n) is 8.22. The number of nitrogens with zero attached hydrogens (tertiary/aromatic N) is 2. The number of ketones is 1. The normalized spacial score (nSPS) is 17.8. The Hall–Kier alpha value is -3.32. The number of aryl methyl sites for hydroxylation is 2. The summed E-state index contributed by atoms with van der Waals surface area (Å²) in [5, 5.41) is 11.3. The number of ether oxygens (including phenoxy) is 2. The predicted octanol–water partition coefficient (Wildman–Crippen LogP) is 3.30. The van der Waals surface area contributed by atoms with Crippen LogP contribution >= 0.6 is 0 Å². The molecule has 0 aromatic heterocycles. The molecule has 1 aliphatic heterocycles. The summed E-state index contributed by atoms with van der Waals surface area (Å²) in [6, 6.07) is 10.1. The fourth-order valence-corrected chi connectivity index (χ4v) is 3.93. The molecule has 0 radical (unpaired) electrons. The van der Waals surface area contributed by atoms with Gasteiger partial charge in [-0.1, -0.05) is 17.7 Å². The van der Waals surface area contributed by atoms with Gasteiger partial charge in [0.05, 0.1) is 25.8 Å². The maximum Gasteiger partial charge on any atom is 0.295 e. The lowest BCUT2D eigenvalue weighted by atomic mass is 9.92. The summed E-state index contributed by atoms with van der Waals surface area (Å²) in [4.78, 5) is 29.7. The average molecular weight is 439 g/mol. The first-order valence-corrected chi connectivity index (χ1v) is 10.4. The lowest BCUT2D eigenvalue weighted by Crippen LogP contribution is -2.35. The largest absolute Gasteiger partial charge is 0.507 e. The molecule has 2 aromatic rings. The molecule has 170 valence electrons. The maximum atomic E-state index is 13.2.